The standard InChI is InChI=1S/C57H36/c1-5-13-45(14-6-1)21-25-49-29-37-53(38-30-49)57(54-39-31-50(32-40-54)26-22-46-15-7-2-8-16-46,55-41-33-51(34-42-55)27-23-47-17-9-3-10-18-47)56-43-35-52(36-44-56)28-24-48-19-11-4-12-20-48/h1-20,29-44H. The van der Waals surface area contributed by atoms with Gasteiger partial charge in [-0.15, -0.1) is 0 Å². The zero-order valence-corrected chi connectivity index (χ0v) is 31.3. The second-order valence-corrected chi connectivity index (χ2v) is 13.5. The third-order valence-corrected chi connectivity index (χ3v) is 9.77. The lowest BCUT2D eigenvalue weighted by atomic mass is 9.65. The molecule has 0 N–H and O–H groups in total. The second-order valence-electron chi connectivity index (χ2n) is 13.5. The lowest BCUT2D eigenvalue weighted by molar-refractivity contribution is 0.744. The van der Waals surface area contributed by atoms with Crippen molar-refractivity contribution in [3.8, 4) is 47.4 Å². The van der Waals surface area contributed by atoms with Crippen molar-refractivity contribution in [1.29, 1.82) is 0 Å². The third kappa shape index (κ3) is 8.71. The van der Waals surface area contributed by atoms with Gasteiger partial charge >= 0.3 is 0 Å². The Kier molecular flexibility index (Phi) is 11.0. The first-order valence-electron chi connectivity index (χ1n) is 18.9. The highest BCUT2D eigenvalue weighted by Crippen LogP contribution is 2.45. The fourth-order valence-electron chi connectivity index (χ4n) is 6.88. The van der Waals surface area contributed by atoms with Gasteiger partial charge in [0, 0.05) is 44.5 Å². The van der Waals surface area contributed by atoms with E-state index >= 15 is 0 Å². The molecule has 0 aromatic heterocycles. The molecular formula is C57H36. The maximum absolute atomic E-state index is 3.37. The van der Waals surface area contributed by atoms with Gasteiger partial charge in [-0.1, -0.05) is 169 Å². The van der Waals surface area contributed by atoms with Crippen molar-refractivity contribution >= 4 is 0 Å². The molecule has 0 bridgehead atoms. The molecule has 0 saturated carbocycles. The van der Waals surface area contributed by atoms with Crippen molar-refractivity contribution in [2.75, 3.05) is 0 Å². The Morgan fingerprint density at radius 1 is 0.175 bits per heavy atom. The summed E-state index contributed by atoms with van der Waals surface area (Å²) in [5.41, 5.74) is 11.5. The molecule has 0 radical (unpaired) electrons. The van der Waals surface area contributed by atoms with Crippen LogP contribution in [0.1, 0.15) is 66.8 Å². The molecule has 8 aromatic rings. The zero-order valence-electron chi connectivity index (χ0n) is 31.3. The van der Waals surface area contributed by atoms with Gasteiger partial charge in [0.1, 0.15) is 0 Å². The van der Waals surface area contributed by atoms with Gasteiger partial charge in [-0.2, -0.15) is 0 Å². The quantitative estimate of drug-likeness (QED) is 0.125. The van der Waals surface area contributed by atoms with Crippen LogP contribution in [-0.2, 0) is 5.41 Å². The van der Waals surface area contributed by atoms with Crippen molar-refractivity contribution in [3.05, 3.63) is 285 Å². The molecule has 264 valence electrons. The first-order chi connectivity index (χ1) is 28.2. The second kappa shape index (κ2) is 17.4. The Hall–Kier alpha value is -8.00. The summed E-state index contributed by atoms with van der Waals surface area (Å²) in [6.07, 6.45) is 0. The van der Waals surface area contributed by atoms with Gasteiger partial charge < -0.3 is 0 Å². The normalized spacial score (nSPS) is 10.2. The molecule has 0 nitrogen and oxygen atoms in total. The molecule has 0 heteroatoms. The Labute approximate surface area is 336 Å². The van der Waals surface area contributed by atoms with Crippen molar-refractivity contribution in [2.45, 2.75) is 5.41 Å². The summed E-state index contributed by atoms with van der Waals surface area (Å²) in [4.78, 5) is 0. The highest BCUT2D eigenvalue weighted by molar-refractivity contribution is 5.63. The van der Waals surface area contributed by atoms with Crippen molar-refractivity contribution in [1.82, 2.24) is 0 Å². The van der Waals surface area contributed by atoms with Crippen LogP contribution in [-0.4, -0.2) is 0 Å². The van der Waals surface area contributed by atoms with Crippen molar-refractivity contribution in [3.63, 3.8) is 0 Å². The molecule has 0 atom stereocenters. The van der Waals surface area contributed by atoms with Crippen molar-refractivity contribution in [2.24, 2.45) is 0 Å². The minimum atomic E-state index is -0.701. The highest BCUT2D eigenvalue weighted by atomic mass is 14.4. The monoisotopic (exact) mass is 720 g/mol. The van der Waals surface area contributed by atoms with Gasteiger partial charge in [-0.25, -0.2) is 0 Å². The molecule has 8 aromatic carbocycles. The maximum atomic E-state index is 3.37. The number of benzene rings is 8. The molecular weight excluding hydrogens is 685 g/mol. The van der Waals surface area contributed by atoms with Gasteiger partial charge in [-0.05, 0) is 119 Å². The van der Waals surface area contributed by atoms with E-state index in [1.54, 1.807) is 0 Å². The Morgan fingerprint density at radius 3 is 0.509 bits per heavy atom. The van der Waals surface area contributed by atoms with E-state index in [1.807, 2.05) is 121 Å². The van der Waals surface area contributed by atoms with E-state index in [2.05, 4.69) is 144 Å². The van der Waals surface area contributed by atoms with E-state index in [1.165, 1.54) is 0 Å². The molecule has 0 aliphatic rings. The minimum absolute atomic E-state index is 0.701. The Bertz CT molecular complexity index is 2410. The van der Waals surface area contributed by atoms with Crippen LogP contribution in [0.4, 0.5) is 0 Å². The van der Waals surface area contributed by atoms with Gasteiger partial charge in [0.05, 0.1) is 5.41 Å². The Balaban J connectivity index is 1.27. The third-order valence-electron chi connectivity index (χ3n) is 9.77. The molecule has 0 saturated heterocycles. The summed E-state index contributed by atoms with van der Waals surface area (Å²) in [5.74, 6) is 26.7. The lowest BCUT2D eigenvalue weighted by Gasteiger charge is -2.37. The van der Waals surface area contributed by atoms with Gasteiger partial charge in [0.15, 0.2) is 0 Å². The first kappa shape index (κ1) is 36.0. The fraction of sp³-hybridized carbons (Fsp3) is 0.0175. The highest BCUT2D eigenvalue weighted by Gasteiger charge is 2.38. The van der Waals surface area contributed by atoms with Gasteiger partial charge in [-0.3, -0.25) is 0 Å². The molecule has 0 heterocycles. The van der Waals surface area contributed by atoms with Crippen LogP contribution in [0.25, 0.3) is 0 Å². The molecule has 0 aliphatic heterocycles. The Morgan fingerprint density at radius 2 is 0.333 bits per heavy atom. The van der Waals surface area contributed by atoms with E-state index < -0.39 is 5.41 Å². The van der Waals surface area contributed by atoms with Crippen LogP contribution in [0.15, 0.2) is 218 Å². The predicted molar refractivity (Wildman–Crippen MR) is 234 cm³/mol. The maximum Gasteiger partial charge on any atom is 0.0701 e. The number of hydrogen-bond donors (Lipinski definition) is 0. The van der Waals surface area contributed by atoms with Crippen LogP contribution in [0, 0.1) is 47.4 Å². The molecule has 0 amide bonds. The van der Waals surface area contributed by atoms with Gasteiger partial charge in [0.25, 0.3) is 0 Å². The topological polar surface area (TPSA) is 0 Å². The van der Waals surface area contributed by atoms with Crippen LogP contribution in [0.3, 0.4) is 0 Å². The molecule has 0 unspecified atom stereocenters. The average Bonchev–Trinajstić information content (AvgIpc) is 3.29. The van der Waals surface area contributed by atoms with Crippen molar-refractivity contribution < 1.29 is 0 Å². The summed E-state index contributed by atoms with van der Waals surface area (Å²) in [7, 11) is 0. The fourth-order valence-corrected chi connectivity index (χ4v) is 6.88. The van der Waals surface area contributed by atoms with Crippen LogP contribution >= 0.6 is 0 Å². The van der Waals surface area contributed by atoms with E-state index in [0.717, 1.165) is 66.8 Å². The summed E-state index contributed by atoms with van der Waals surface area (Å²) >= 11 is 0. The van der Waals surface area contributed by atoms with Crippen LogP contribution in [0.2, 0.25) is 0 Å². The van der Waals surface area contributed by atoms with E-state index in [-0.39, 0.29) is 0 Å². The molecule has 8 rings (SSSR count). The van der Waals surface area contributed by atoms with E-state index in [4.69, 9.17) is 0 Å². The summed E-state index contributed by atoms with van der Waals surface area (Å²) in [6, 6.07) is 75.0. The zero-order chi connectivity index (χ0) is 38.5. The molecule has 0 fully saturated rings. The largest absolute Gasteiger partial charge is 0.0701 e. The summed E-state index contributed by atoms with van der Waals surface area (Å²) < 4.78 is 0. The SMILES string of the molecule is C(#Cc1ccc(C(c2ccc(C#Cc3ccccc3)cc2)(c2ccc(C#Cc3ccccc3)cc2)c2ccc(C#Cc3ccccc3)cc2)cc1)c1ccccc1. The molecule has 57 heavy (non-hydrogen) atoms. The first-order valence-corrected chi connectivity index (χ1v) is 18.9. The summed E-state index contributed by atoms with van der Waals surface area (Å²) in [6.45, 7) is 0. The lowest BCUT2D eigenvalue weighted by Crippen LogP contribution is -2.31. The van der Waals surface area contributed by atoms with Gasteiger partial charge in [0.2, 0.25) is 0 Å². The smallest absolute Gasteiger partial charge is 0.0622 e. The number of rotatable bonds is 4. The van der Waals surface area contributed by atoms with Crippen LogP contribution < -0.4 is 0 Å². The molecule has 0 spiro atoms. The minimum Gasteiger partial charge on any atom is -0.0622 e. The van der Waals surface area contributed by atoms with E-state index in [9.17, 15) is 0 Å². The number of hydrogen-bond acceptors (Lipinski definition) is 0. The van der Waals surface area contributed by atoms with Crippen LogP contribution in [0.5, 0.6) is 0 Å². The molecule has 0 aliphatic carbocycles. The summed E-state index contributed by atoms with van der Waals surface area (Å²) in [5, 5.41) is 0. The van der Waals surface area contributed by atoms with E-state index in [0.29, 0.717) is 0 Å². The average molecular weight is 721 g/mol. The predicted octanol–water partition coefficient (Wildman–Crippen LogP) is 11.7.